The zero-order valence-electron chi connectivity index (χ0n) is 19.8. The summed E-state index contributed by atoms with van der Waals surface area (Å²) < 4.78 is 47.2. The van der Waals surface area contributed by atoms with Gasteiger partial charge in [0.2, 0.25) is 0 Å². The molecule has 0 aliphatic carbocycles. The van der Waals surface area contributed by atoms with Crippen LogP contribution in [0.3, 0.4) is 0 Å². The van der Waals surface area contributed by atoms with Crippen LogP contribution >= 0.6 is 0 Å². The van der Waals surface area contributed by atoms with Crippen molar-refractivity contribution in [1.29, 1.82) is 0 Å². The normalized spacial score (nSPS) is 13.2. The van der Waals surface area contributed by atoms with Gasteiger partial charge < -0.3 is 14.6 Å². The highest BCUT2D eigenvalue weighted by Gasteiger charge is 2.30. The summed E-state index contributed by atoms with van der Waals surface area (Å²) in [6.45, 7) is 5.75. The maximum Gasteiger partial charge on any atom is 0.417 e. The summed E-state index contributed by atoms with van der Waals surface area (Å²) in [7, 11) is 2.05. The Kier molecular flexibility index (Phi) is 6.98. The van der Waals surface area contributed by atoms with Crippen molar-refractivity contribution in [2.24, 2.45) is 7.05 Å². The van der Waals surface area contributed by atoms with Gasteiger partial charge in [0.1, 0.15) is 12.4 Å². The molecule has 5 rings (SSSR count). The number of halogens is 3. The number of hydrogen-bond donors (Lipinski definition) is 1. The van der Waals surface area contributed by atoms with Crippen LogP contribution in [-0.2, 0) is 32.8 Å². The molecule has 1 N–H and O–H groups in total. The van der Waals surface area contributed by atoms with Crippen LogP contribution in [-0.4, -0.2) is 20.7 Å². The number of ether oxygens (including phenoxy) is 1. The lowest BCUT2D eigenvalue weighted by Crippen LogP contribution is -2.24. The standard InChI is InChI=1S/C24H21F3N4O2.C2H6/c1-30-21-6-8-28-13-20(21)19-5-4-17(10-22(19)30)31-9-7-18(11-23(31)32)33-14-16-3-2-15(12-29-16)24(25,26)27;1-2/h2-5,7,9-12,28H,6,8,13-14H2,1H3;1-2H3. The van der Waals surface area contributed by atoms with Crippen LogP contribution in [0.5, 0.6) is 5.75 Å². The molecule has 0 bridgehead atoms. The molecule has 0 atom stereocenters. The van der Waals surface area contributed by atoms with Gasteiger partial charge in [-0.1, -0.05) is 19.9 Å². The third-order valence-corrected chi connectivity index (χ3v) is 5.97. The second kappa shape index (κ2) is 9.95. The zero-order valence-corrected chi connectivity index (χ0v) is 19.8. The number of nitrogens with one attached hydrogen (secondary N) is 1. The minimum Gasteiger partial charge on any atom is -0.487 e. The summed E-state index contributed by atoms with van der Waals surface area (Å²) in [5.74, 6) is 0.319. The van der Waals surface area contributed by atoms with Crippen molar-refractivity contribution < 1.29 is 17.9 Å². The fraction of sp³-hybridized carbons (Fsp3) is 0.308. The average molecular weight is 485 g/mol. The lowest BCUT2D eigenvalue weighted by molar-refractivity contribution is -0.137. The van der Waals surface area contributed by atoms with Crippen molar-refractivity contribution in [3.63, 3.8) is 0 Å². The first-order valence-electron chi connectivity index (χ1n) is 11.5. The lowest BCUT2D eigenvalue weighted by Gasteiger charge is -2.14. The van der Waals surface area contributed by atoms with Gasteiger partial charge >= 0.3 is 6.18 Å². The van der Waals surface area contributed by atoms with Crippen LogP contribution in [0.15, 0.2) is 59.7 Å². The number of pyridine rings is 2. The molecule has 4 aromatic rings. The van der Waals surface area contributed by atoms with Gasteiger partial charge in [-0.05, 0) is 35.9 Å². The summed E-state index contributed by atoms with van der Waals surface area (Å²) in [6, 6.07) is 11.2. The van der Waals surface area contributed by atoms with Crippen molar-refractivity contribution in [3.05, 3.63) is 87.7 Å². The Morgan fingerprint density at radius 3 is 2.60 bits per heavy atom. The van der Waals surface area contributed by atoms with E-state index in [1.54, 1.807) is 12.3 Å². The molecule has 0 saturated heterocycles. The zero-order chi connectivity index (χ0) is 25.2. The highest BCUT2D eigenvalue weighted by molar-refractivity contribution is 5.87. The number of aryl methyl sites for hydroxylation is 1. The number of benzene rings is 1. The van der Waals surface area contributed by atoms with E-state index in [0.717, 1.165) is 43.0 Å². The van der Waals surface area contributed by atoms with E-state index in [-0.39, 0.29) is 12.2 Å². The molecule has 4 heterocycles. The Labute approximate surface area is 201 Å². The summed E-state index contributed by atoms with van der Waals surface area (Å²) in [4.78, 5) is 16.5. The first-order valence-corrected chi connectivity index (χ1v) is 11.5. The number of nitrogens with zero attached hydrogens (tertiary/aromatic N) is 3. The maximum atomic E-state index is 12.7. The molecule has 0 fully saturated rings. The van der Waals surface area contributed by atoms with Crippen LogP contribution in [0.2, 0.25) is 0 Å². The predicted molar refractivity (Wildman–Crippen MR) is 129 cm³/mol. The van der Waals surface area contributed by atoms with Gasteiger partial charge in [0.15, 0.2) is 0 Å². The first kappa shape index (κ1) is 24.5. The van der Waals surface area contributed by atoms with Gasteiger partial charge in [-0.3, -0.25) is 14.3 Å². The van der Waals surface area contributed by atoms with Gasteiger partial charge in [-0.15, -0.1) is 0 Å². The Morgan fingerprint density at radius 1 is 1.11 bits per heavy atom. The van der Waals surface area contributed by atoms with Crippen LogP contribution in [0.25, 0.3) is 16.6 Å². The molecule has 184 valence electrons. The fourth-order valence-electron chi connectivity index (χ4n) is 4.24. The van der Waals surface area contributed by atoms with E-state index in [1.807, 2.05) is 39.1 Å². The second-order valence-electron chi connectivity index (χ2n) is 8.01. The molecule has 1 aromatic carbocycles. The third-order valence-electron chi connectivity index (χ3n) is 5.97. The molecule has 9 heteroatoms. The molecule has 0 saturated carbocycles. The van der Waals surface area contributed by atoms with E-state index in [0.29, 0.717) is 11.4 Å². The number of aromatic nitrogens is 3. The predicted octanol–water partition coefficient (Wildman–Crippen LogP) is 4.99. The SMILES string of the molecule is CC.Cn1c2c(c3ccc(-n4ccc(OCc5ccc(C(F)(F)F)cn5)cc4=O)cc31)CNCC2. The van der Waals surface area contributed by atoms with Crippen LogP contribution < -0.4 is 15.6 Å². The van der Waals surface area contributed by atoms with Crippen molar-refractivity contribution >= 4 is 10.9 Å². The van der Waals surface area contributed by atoms with Gasteiger partial charge in [0, 0.05) is 56.1 Å². The smallest absolute Gasteiger partial charge is 0.417 e. The Bertz CT molecular complexity index is 1390. The molecule has 6 nitrogen and oxygen atoms in total. The quantitative estimate of drug-likeness (QED) is 0.443. The highest BCUT2D eigenvalue weighted by atomic mass is 19.4. The molecule has 0 spiro atoms. The first-order chi connectivity index (χ1) is 16.8. The fourth-order valence-corrected chi connectivity index (χ4v) is 4.24. The lowest BCUT2D eigenvalue weighted by atomic mass is 10.1. The Hall–Kier alpha value is -3.59. The van der Waals surface area contributed by atoms with Gasteiger partial charge in [0.05, 0.1) is 22.5 Å². The molecule has 1 aliphatic rings. The monoisotopic (exact) mass is 484 g/mol. The molecule has 1 aliphatic heterocycles. The van der Waals surface area contributed by atoms with E-state index < -0.39 is 11.7 Å². The molecule has 0 unspecified atom stereocenters. The Morgan fingerprint density at radius 2 is 1.91 bits per heavy atom. The third kappa shape index (κ3) is 4.95. The van der Waals surface area contributed by atoms with Gasteiger partial charge in [-0.25, -0.2) is 0 Å². The summed E-state index contributed by atoms with van der Waals surface area (Å²) >= 11 is 0. The minimum atomic E-state index is -4.43. The number of alkyl halides is 3. The largest absolute Gasteiger partial charge is 0.487 e. The minimum absolute atomic E-state index is 0.0451. The van der Waals surface area contributed by atoms with E-state index in [9.17, 15) is 18.0 Å². The average Bonchev–Trinajstić information content (AvgIpc) is 3.15. The molecular weight excluding hydrogens is 457 g/mol. The summed E-state index contributed by atoms with van der Waals surface area (Å²) in [5, 5.41) is 4.59. The molecule has 0 radical (unpaired) electrons. The highest BCUT2D eigenvalue weighted by Crippen LogP contribution is 2.30. The molecule has 35 heavy (non-hydrogen) atoms. The Balaban J connectivity index is 0.00000141. The van der Waals surface area contributed by atoms with Crippen molar-refractivity contribution in [2.45, 2.75) is 39.6 Å². The number of hydrogen-bond acceptors (Lipinski definition) is 4. The number of rotatable bonds is 4. The van der Waals surface area contributed by atoms with E-state index >= 15 is 0 Å². The van der Waals surface area contributed by atoms with E-state index in [2.05, 4.69) is 14.9 Å². The van der Waals surface area contributed by atoms with Crippen molar-refractivity contribution in [2.75, 3.05) is 6.54 Å². The molecule has 0 amide bonds. The number of fused-ring (bicyclic) bond motifs is 3. The second-order valence-corrected chi connectivity index (χ2v) is 8.01. The maximum absolute atomic E-state index is 12.7. The van der Waals surface area contributed by atoms with Crippen LogP contribution in [0.1, 0.15) is 36.4 Å². The van der Waals surface area contributed by atoms with E-state index in [4.69, 9.17) is 4.74 Å². The van der Waals surface area contributed by atoms with Crippen LogP contribution in [0, 0.1) is 0 Å². The topological polar surface area (TPSA) is 61.1 Å². The van der Waals surface area contributed by atoms with Crippen molar-refractivity contribution in [1.82, 2.24) is 19.4 Å². The molecule has 3 aromatic heterocycles. The summed E-state index contributed by atoms with van der Waals surface area (Å²) in [5.41, 5.74) is 3.68. The molecular formula is C26H27F3N4O2. The van der Waals surface area contributed by atoms with Gasteiger partial charge in [0.25, 0.3) is 5.56 Å². The summed E-state index contributed by atoms with van der Waals surface area (Å²) in [6.07, 6.45) is -1.07. The van der Waals surface area contributed by atoms with Gasteiger partial charge in [-0.2, -0.15) is 13.2 Å². The van der Waals surface area contributed by atoms with Crippen LogP contribution in [0.4, 0.5) is 13.2 Å². The van der Waals surface area contributed by atoms with Crippen molar-refractivity contribution in [3.8, 4) is 11.4 Å². The van der Waals surface area contributed by atoms with E-state index in [1.165, 1.54) is 33.3 Å².